The molecule has 1 fully saturated rings. The first-order valence-corrected chi connectivity index (χ1v) is 7.04. The van der Waals surface area contributed by atoms with E-state index in [1.54, 1.807) is 18.2 Å². The molecule has 0 saturated heterocycles. The third-order valence-electron chi connectivity index (χ3n) is 3.44. The Labute approximate surface area is 120 Å². The fourth-order valence-corrected chi connectivity index (χ4v) is 2.36. The number of benzene rings is 1. The van der Waals surface area contributed by atoms with Gasteiger partial charge >= 0.3 is 0 Å². The van der Waals surface area contributed by atoms with Crippen molar-refractivity contribution in [3.63, 3.8) is 0 Å². The summed E-state index contributed by atoms with van der Waals surface area (Å²) >= 11 is 0. The molecule has 4 nitrogen and oxygen atoms in total. The standard InChI is InChI=1S/C16H22N2O2/c1-11(2)10-20-15-8-7-12(9-14(15)17)16(19)18-13-5-3-4-6-13/h7-9,13H,1,3-6,10,17H2,2H3,(H,18,19). The maximum Gasteiger partial charge on any atom is 0.251 e. The number of nitrogens with one attached hydrogen (secondary N) is 1. The maximum absolute atomic E-state index is 12.1. The van der Waals surface area contributed by atoms with Gasteiger partial charge in [0.1, 0.15) is 12.4 Å². The normalized spacial score (nSPS) is 15.1. The molecule has 108 valence electrons. The largest absolute Gasteiger partial charge is 0.487 e. The molecule has 0 bridgehead atoms. The lowest BCUT2D eigenvalue weighted by molar-refractivity contribution is 0.0938. The van der Waals surface area contributed by atoms with E-state index in [4.69, 9.17) is 10.5 Å². The van der Waals surface area contributed by atoms with Crippen LogP contribution < -0.4 is 15.8 Å². The van der Waals surface area contributed by atoms with E-state index in [2.05, 4.69) is 11.9 Å². The van der Waals surface area contributed by atoms with Crippen molar-refractivity contribution < 1.29 is 9.53 Å². The van der Waals surface area contributed by atoms with Crippen LogP contribution in [0.5, 0.6) is 5.75 Å². The van der Waals surface area contributed by atoms with Gasteiger partial charge in [0.2, 0.25) is 0 Å². The minimum atomic E-state index is -0.0601. The number of anilines is 1. The lowest BCUT2D eigenvalue weighted by Gasteiger charge is -2.13. The molecule has 0 spiro atoms. The molecule has 4 heteroatoms. The van der Waals surface area contributed by atoms with E-state index in [1.807, 2.05) is 6.92 Å². The van der Waals surface area contributed by atoms with Crippen molar-refractivity contribution in [3.05, 3.63) is 35.9 Å². The van der Waals surface area contributed by atoms with Gasteiger partial charge in [-0.2, -0.15) is 0 Å². The SMILES string of the molecule is C=C(C)COc1ccc(C(=O)NC2CCCC2)cc1N. The zero-order valence-corrected chi connectivity index (χ0v) is 11.9. The lowest BCUT2D eigenvalue weighted by atomic mass is 10.1. The molecular formula is C16H22N2O2. The summed E-state index contributed by atoms with van der Waals surface area (Å²) < 4.78 is 5.51. The van der Waals surface area contributed by atoms with Crippen LogP contribution in [0.2, 0.25) is 0 Å². The van der Waals surface area contributed by atoms with E-state index >= 15 is 0 Å². The number of ether oxygens (including phenoxy) is 1. The Morgan fingerprint density at radius 3 is 2.75 bits per heavy atom. The first-order chi connectivity index (χ1) is 9.56. The zero-order chi connectivity index (χ0) is 14.5. The van der Waals surface area contributed by atoms with Crippen molar-refractivity contribution in [2.45, 2.75) is 38.6 Å². The first-order valence-electron chi connectivity index (χ1n) is 7.04. The Hall–Kier alpha value is -1.97. The number of amides is 1. The van der Waals surface area contributed by atoms with Crippen LogP contribution in [0.4, 0.5) is 5.69 Å². The van der Waals surface area contributed by atoms with Crippen molar-refractivity contribution in [1.82, 2.24) is 5.32 Å². The molecule has 20 heavy (non-hydrogen) atoms. The molecule has 0 atom stereocenters. The Kier molecular flexibility index (Phi) is 4.66. The highest BCUT2D eigenvalue weighted by Gasteiger charge is 2.18. The highest BCUT2D eigenvalue weighted by molar-refractivity contribution is 5.95. The summed E-state index contributed by atoms with van der Waals surface area (Å²) in [5, 5.41) is 3.04. The number of nitrogens with two attached hydrogens (primary N) is 1. The van der Waals surface area contributed by atoms with Crippen molar-refractivity contribution >= 4 is 11.6 Å². The third kappa shape index (κ3) is 3.76. The van der Waals surface area contributed by atoms with Crippen molar-refractivity contribution in [2.24, 2.45) is 0 Å². The second kappa shape index (κ2) is 6.46. The van der Waals surface area contributed by atoms with Crippen LogP contribution in [0.15, 0.2) is 30.4 Å². The van der Waals surface area contributed by atoms with Gasteiger partial charge in [-0.25, -0.2) is 0 Å². The van der Waals surface area contributed by atoms with E-state index < -0.39 is 0 Å². The number of nitrogen functional groups attached to an aromatic ring is 1. The van der Waals surface area contributed by atoms with Crippen LogP contribution >= 0.6 is 0 Å². The molecule has 0 heterocycles. The van der Waals surface area contributed by atoms with E-state index in [9.17, 15) is 4.79 Å². The molecule has 1 aliphatic rings. The van der Waals surface area contributed by atoms with Crippen molar-refractivity contribution in [1.29, 1.82) is 0 Å². The Bertz CT molecular complexity index is 505. The van der Waals surface area contributed by atoms with E-state index in [-0.39, 0.29) is 5.91 Å². The van der Waals surface area contributed by atoms with Gasteiger partial charge in [0.05, 0.1) is 5.69 Å². The number of carbonyl (C=O) groups is 1. The van der Waals surface area contributed by atoms with E-state index in [0.717, 1.165) is 18.4 Å². The number of hydrogen-bond donors (Lipinski definition) is 2. The third-order valence-corrected chi connectivity index (χ3v) is 3.44. The van der Waals surface area contributed by atoms with Crippen LogP contribution in [-0.4, -0.2) is 18.6 Å². The van der Waals surface area contributed by atoms with Gasteiger partial charge in [-0.3, -0.25) is 4.79 Å². The molecule has 1 aliphatic carbocycles. The summed E-state index contributed by atoms with van der Waals surface area (Å²) in [6.45, 7) is 6.09. The second-order valence-electron chi connectivity index (χ2n) is 5.45. The average Bonchev–Trinajstić information content (AvgIpc) is 2.89. The number of rotatable bonds is 5. The summed E-state index contributed by atoms with van der Waals surface area (Å²) in [5.74, 6) is 0.528. The predicted octanol–water partition coefficient (Wildman–Crippen LogP) is 2.90. The van der Waals surface area contributed by atoms with E-state index in [0.29, 0.717) is 29.6 Å². The quantitative estimate of drug-likeness (QED) is 0.641. The number of carbonyl (C=O) groups excluding carboxylic acids is 1. The molecule has 1 saturated carbocycles. The van der Waals surface area contributed by atoms with Crippen LogP contribution in [0.1, 0.15) is 43.0 Å². The van der Waals surface area contributed by atoms with Crippen LogP contribution in [0.25, 0.3) is 0 Å². The minimum absolute atomic E-state index is 0.0601. The first kappa shape index (κ1) is 14.4. The van der Waals surface area contributed by atoms with Crippen LogP contribution in [-0.2, 0) is 0 Å². The molecular weight excluding hydrogens is 252 g/mol. The zero-order valence-electron chi connectivity index (χ0n) is 11.9. The van der Waals surface area contributed by atoms with Gasteiger partial charge in [0.15, 0.2) is 0 Å². The molecule has 0 aliphatic heterocycles. The summed E-state index contributed by atoms with van der Waals surface area (Å²) in [4.78, 5) is 12.1. The molecule has 0 radical (unpaired) electrons. The van der Waals surface area contributed by atoms with Crippen LogP contribution in [0, 0.1) is 0 Å². The molecule has 1 aromatic rings. The second-order valence-corrected chi connectivity index (χ2v) is 5.45. The summed E-state index contributed by atoms with van der Waals surface area (Å²) in [7, 11) is 0. The summed E-state index contributed by atoms with van der Waals surface area (Å²) in [6, 6.07) is 5.46. The van der Waals surface area contributed by atoms with Gasteiger partial charge in [-0.1, -0.05) is 19.4 Å². The van der Waals surface area contributed by atoms with Gasteiger partial charge < -0.3 is 15.8 Å². The highest BCUT2D eigenvalue weighted by Crippen LogP contribution is 2.24. The smallest absolute Gasteiger partial charge is 0.251 e. The highest BCUT2D eigenvalue weighted by atomic mass is 16.5. The molecule has 0 unspecified atom stereocenters. The Morgan fingerprint density at radius 2 is 2.15 bits per heavy atom. The summed E-state index contributed by atoms with van der Waals surface area (Å²) in [5.41, 5.74) is 7.90. The molecule has 1 amide bonds. The molecule has 0 aromatic heterocycles. The molecule has 2 rings (SSSR count). The van der Waals surface area contributed by atoms with Gasteiger partial charge in [-0.05, 0) is 43.5 Å². The molecule has 1 aromatic carbocycles. The topological polar surface area (TPSA) is 64.3 Å². The molecule has 3 N–H and O–H groups in total. The Balaban J connectivity index is 2.00. The predicted molar refractivity (Wildman–Crippen MR) is 80.9 cm³/mol. The monoisotopic (exact) mass is 274 g/mol. The van der Waals surface area contributed by atoms with Crippen LogP contribution in [0.3, 0.4) is 0 Å². The average molecular weight is 274 g/mol. The van der Waals surface area contributed by atoms with E-state index in [1.165, 1.54) is 12.8 Å². The van der Waals surface area contributed by atoms with Gasteiger partial charge in [0, 0.05) is 11.6 Å². The lowest BCUT2D eigenvalue weighted by Crippen LogP contribution is -2.32. The fourth-order valence-electron chi connectivity index (χ4n) is 2.36. The van der Waals surface area contributed by atoms with Gasteiger partial charge in [0.25, 0.3) is 5.91 Å². The van der Waals surface area contributed by atoms with Crippen molar-refractivity contribution in [3.8, 4) is 5.75 Å². The minimum Gasteiger partial charge on any atom is -0.487 e. The Morgan fingerprint density at radius 1 is 1.45 bits per heavy atom. The fraction of sp³-hybridized carbons (Fsp3) is 0.438. The summed E-state index contributed by atoms with van der Waals surface area (Å²) in [6.07, 6.45) is 4.53. The maximum atomic E-state index is 12.1. The van der Waals surface area contributed by atoms with Gasteiger partial charge in [-0.15, -0.1) is 0 Å². The number of hydrogen-bond acceptors (Lipinski definition) is 3. The van der Waals surface area contributed by atoms with Crippen molar-refractivity contribution in [2.75, 3.05) is 12.3 Å².